The monoisotopic (exact) mass is 269 g/mol. The molecule has 0 N–H and O–H groups in total. The van der Waals surface area contributed by atoms with Gasteiger partial charge >= 0.3 is 11.7 Å². The van der Waals surface area contributed by atoms with E-state index in [4.69, 9.17) is 14.2 Å². The zero-order valence-electron chi connectivity index (χ0n) is 10.8. The van der Waals surface area contributed by atoms with Crippen LogP contribution in [0.25, 0.3) is 0 Å². The van der Waals surface area contributed by atoms with Crippen LogP contribution in [0.4, 0.5) is 5.69 Å². The Bertz CT molecular complexity index is 460. The summed E-state index contributed by atoms with van der Waals surface area (Å²) >= 11 is 0. The third-order valence-corrected chi connectivity index (χ3v) is 2.23. The number of nitro groups is 1. The van der Waals surface area contributed by atoms with E-state index in [1.807, 2.05) is 0 Å². The smallest absolute Gasteiger partial charge is 0.314 e. The van der Waals surface area contributed by atoms with E-state index < -0.39 is 4.92 Å². The van der Waals surface area contributed by atoms with E-state index in [1.165, 1.54) is 25.3 Å². The minimum Gasteiger partial charge on any atom is -0.493 e. The Balaban J connectivity index is 2.62. The van der Waals surface area contributed by atoms with Gasteiger partial charge < -0.3 is 14.2 Å². The normalized spacial score (nSPS) is 9.79. The van der Waals surface area contributed by atoms with Gasteiger partial charge in [-0.25, -0.2) is 0 Å². The number of carbonyl (C=O) groups is 1. The molecule has 1 rings (SSSR count). The van der Waals surface area contributed by atoms with E-state index >= 15 is 0 Å². The maximum Gasteiger partial charge on any atom is 0.314 e. The highest BCUT2D eigenvalue weighted by Crippen LogP contribution is 2.30. The minimum absolute atomic E-state index is 0.0909. The van der Waals surface area contributed by atoms with Crippen molar-refractivity contribution in [1.82, 2.24) is 0 Å². The second kappa shape index (κ2) is 7.20. The van der Waals surface area contributed by atoms with E-state index in [9.17, 15) is 14.9 Å². The van der Waals surface area contributed by atoms with Crippen LogP contribution in [0.2, 0.25) is 0 Å². The summed E-state index contributed by atoms with van der Waals surface area (Å²) in [7, 11) is 1.35. The third-order valence-electron chi connectivity index (χ3n) is 2.23. The summed E-state index contributed by atoms with van der Waals surface area (Å²) in [5.41, 5.74) is -0.184. The Morgan fingerprint density at radius 3 is 2.74 bits per heavy atom. The van der Waals surface area contributed by atoms with Crippen LogP contribution in [0, 0.1) is 10.1 Å². The molecule has 0 aromatic heterocycles. The number of nitrogens with zero attached hydrogens (tertiary/aromatic N) is 1. The lowest BCUT2D eigenvalue weighted by Gasteiger charge is -2.07. The standard InChI is InChI=1S/C12H15NO6/c1-3-18-12(14)6-7-19-9-4-5-11(17-2)10(8-9)13(15)16/h4-5,8H,3,6-7H2,1-2H3. The van der Waals surface area contributed by atoms with Crippen LogP contribution in [-0.4, -0.2) is 31.2 Å². The molecule has 0 aliphatic rings. The highest BCUT2D eigenvalue weighted by Gasteiger charge is 2.15. The van der Waals surface area contributed by atoms with Crippen molar-refractivity contribution in [3.8, 4) is 11.5 Å². The quantitative estimate of drug-likeness (QED) is 0.427. The molecule has 0 bridgehead atoms. The molecule has 104 valence electrons. The number of methoxy groups -OCH3 is 1. The van der Waals surface area contributed by atoms with Crippen molar-refractivity contribution in [3.63, 3.8) is 0 Å². The lowest BCUT2D eigenvalue weighted by Crippen LogP contribution is -2.09. The maximum absolute atomic E-state index is 11.1. The predicted molar refractivity (Wildman–Crippen MR) is 66.4 cm³/mol. The van der Waals surface area contributed by atoms with Crippen LogP contribution in [0.5, 0.6) is 11.5 Å². The number of rotatable bonds is 7. The van der Waals surface area contributed by atoms with Crippen LogP contribution in [0.3, 0.4) is 0 Å². The Morgan fingerprint density at radius 1 is 1.42 bits per heavy atom. The van der Waals surface area contributed by atoms with Crippen LogP contribution in [0.15, 0.2) is 18.2 Å². The van der Waals surface area contributed by atoms with Crippen LogP contribution in [-0.2, 0) is 9.53 Å². The highest BCUT2D eigenvalue weighted by molar-refractivity contribution is 5.69. The zero-order valence-corrected chi connectivity index (χ0v) is 10.8. The highest BCUT2D eigenvalue weighted by atomic mass is 16.6. The molecule has 0 fully saturated rings. The Hall–Kier alpha value is -2.31. The van der Waals surface area contributed by atoms with E-state index in [-0.39, 0.29) is 30.4 Å². The molecule has 1 aromatic rings. The summed E-state index contributed by atoms with van der Waals surface area (Å²) in [5, 5.41) is 10.8. The molecule has 0 saturated carbocycles. The van der Waals surface area contributed by atoms with Crippen molar-refractivity contribution in [2.75, 3.05) is 20.3 Å². The molecule has 0 aliphatic heterocycles. The van der Waals surface area contributed by atoms with Gasteiger partial charge in [0.15, 0.2) is 5.75 Å². The SMILES string of the molecule is CCOC(=O)CCOc1ccc(OC)c([N+](=O)[O-])c1. The molecule has 0 unspecified atom stereocenters. The molecule has 0 radical (unpaired) electrons. The van der Waals surface area contributed by atoms with Gasteiger partial charge in [-0.2, -0.15) is 0 Å². The molecular formula is C12H15NO6. The van der Waals surface area contributed by atoms with E-state index in [0.29, 0.717) is 12.4 Å². The van der Waals surface area contributed by atoms with Gasteiger partial charge in [-0.15, -0.1) is 0 Å². The zero-order chi connectivity index (χ0) is 14.3. The minimum atomic E-state index is -0.558. The van der Waals surface area contributed by atoms with Crippen LogP contribution < -0.4 is 9.47 Å². The first-order chi connectivity index (χ1) is 9.08. The van der Waals surface area contributed by atoms with Crippen LogP contribution >= 0.6 is 0 Å². The number of esters is 1. The summed E-state index contributed by atoms with van der Waals surface area (Å²) in [6.45, 7) is 2.13. The van der Waals surface area contributed by atoms with Gasteiger partial charge in [-0.1, -0.05) is 0 Å². The fourth-order valence-electron chi connectivity index (χ4n) is 1.39. The Kier molecular flexibility index (Phi) is 5.59. The molecule has 0 saturated heterocycles. The number of benzene rings is 1. The van der Waals surface area contributed by atoms with Crippen molar-refractivity contribution >= 4 is 11.7 Å². The molecule has 0 amide bonds. The van der Waals surface area contributed by atoms with Crippen molar-refractivity contribution in [2.24, 2.45) is 0 Å². The fraction of sp³-hybridized carbons (Fsp3) is 0.417. The van der Waals surface area contributed by atoms with Gasteiger partial charge in [0.05, 0.1) is 37.7 Å². The number of carbonyl (C=O) groups excluding carboxylic acids is 1. The second-order valence-electron chi connectivity index (χ2n) is 3.49. The van der Waals surface area contributed by atoms with Gasteiger partial charge in [-0.05, 0) is 19.1 Å². The van der Waals surface area contributed by atoms with Crippen molar-refractivity contribution in [3.05, 3.63) is 28.3 Å². The van der Waals surface area contributed by atoms with Crippen LogP contribution in [0.1, 0.15) is 13.3 Å². The maximum atomic E-state index is 11.1. The number of hydrogen-bond donors (Lipinski definition) is 0. The molecule has 19 heavy (non-hydrogen) atoms. The summed E-state index contributed by atoms with van der Waals surface area (Å²) in [6.07, 6.45) is 0.0909. The first-order valence-corrected chi connectivity index (χ1v) is 5.69. The van der Waals surface area contributed by atoms with Gasteiger partial charge in [0.1, 0.15) is 5.75 Å². The third kappa shape index (κ3) is 4.46. The largest absolute Gasteiger partial charge is 0.493 e. The van der Waals surface area contributed by atoms with Crippen molar-refractivity contribution in [2.45, 2.75) is 13.3 Å². The average Bonchev–Trinajstić information content (AvgIpc) is 2.38. The van der Waals surface area contributed by atoms with E-state index in [2.05, 4.69) is 0 Å². The van der Waals surface area contributed by atoms with E-state index in [1.54, 1.807) is 6.92 Å². The Morgan fingerprint density at radius 2 is 2.16 bits per heavy atom. The van der Waals surface area contributed by atoms with Crippen molar-refractivity contribution in [1.29, 1.82) is 0 Å². The van der Waals surface area contributed by atoms with Gasteiger partial charge in [0, 0.05) is 0 Å². The second-order valence-corrected chi connectivity index (χ2v) is 3.49. The lowest BCUT2D eigenvalue weighted by molar-refractivity contribution is -0.385. The summed E-state index contributed by atoms with van der Waals surface area (Å²) < 4.78 is 14.8. The molecule has 7 heteroatoms. The van der Waals surface area contributed by atoms with Gasteiger partial charge in [-0.3, -0.25) is 14.9 Å². The Labute approximate surface area is 110 Å². The molecule has 7 nitrogen and oxygen atoms in total. The van der Waals surface area contributed by atoms with Crippen molar-refractivity contribution < 1.29 is 23.9 Å². The predicted octanol–water partition coefficient (Wildman–Crippen LogP) is 1.94. The summed E-state index contributed by atoms with van der Waals surface area (Å²) in [6, 6.07) is 4.23. The molecule has 1 aromatic carbocycles. The van der Waals surface area contributed by atoms with E-state index in [0.717, 1.165) is 0 Å². The summed E-state index contributed by atoms with van der Waals surface area (Å²) in [5.74, 6) is 0.0880. The first kappa shape index (κ1) is 14.7. The first-order valence-electron chi connectivity index (χ1n) is 5.69. The molecule has 0 spiro atoms. The molecule has 0 atom stereocenters. The number of hydrogen-bond acceptors (Lipinski definition) is 6. The van der Waals surface area contributed by atoms with Gasteiger partial charge in [0.2, 0.25) is 0 Å². The lowest BCUT2D eigenvalue weighted by atomic mass is 10.3. The molecule has 0 aliphatic carbocycles. The topological polar surface area (TPSA) is 87.9 Å². The van der Waals surface area contributed by atoms with Gasteiger partial charge in [0.25, 0.3) is 0 Å². The fourth-order valence-corrected chi connectivity index (χ4v) is 1.39. The number of ether oxygens (including phenoxy) is 3. The summed E-state index contributed by atoms with van der Waals surface area (Å²) in [4.78, 5) is 21.3. The molecular weight excluding hydrogens is 254 g/mol. The molecule has 0 heterocycles. The number of nitro benzene ring substituents is 1. The average molecular weight is 269 g/mol.